The van der Waals surface area contributed by atoms with E-state index in [2.05, 4.69) is 29.2 Å². The maximum absolute atomic E-state index is 10.6. The van der Waals surface area contributed by atoms with Crippen molar-refractivity contribution in [2.75, 3.05) is 31.6 Å². The van der Waals surface area contributed by atoms with E-state index in [1.54, 1.807) is 4.90 Å². The Morgan fingerprint density at radius 3 is 2.42 bits per heavy atom. The highest BCUT2D eigenvalue weighted by atomic mass is 16.4. The highest BCUT2D eigenvalue weighted by molar-refractivity contribution is 5.69. The summed E-state index contributed by atoms with van der Waals surface area (Å²) in [5.74, 6) is -0.785. The Kier molecular flexibility index (Phi) is 4.80. The van der Waals surface area contributed by atoms with E-state index >= 15 is 0 Å². The lowest BCUT2D eigenvalue weighted by Gasteiger charge is -2.29. The van der Waals surface area contributed by atoms with Crippen molar-refractivity contribution in [1.82, 2.24) is 4.90 Å². The third kappa shape index (κ3) is 4.24. The summed E-state index contributed by atoms with van der Waals surface area (Å²) < 4.78 is 0. The van der Waals surface area contributed by atoms with Crippen molar-refractivity contribution >= 4 is 11.7 Å². The molecule has 0 aliphatic carbocycles. The Hall–Kier alpha value is -1.55. The fourth-order valence-electron chi connectivity index (χ4n) is 2.56. The van der Waals surface area contributed by atoms with Crippen LogP contribution < -0.4 is 4.90 Å². The second-order valence-corrected chi connectivity index (χ2v) is 5.28. The first-order chi connectivity index (χ1) is 9.15. The van der Waals surface area contributed by atoms with Crippen molar-refractivity contribution in [3.63, 3.8) is 0 Å². The number of aliphatic carboxylic acids is 1. The van der Waals surface area contributed by atoms with E-state index in [4.69, 9.17) is 5.11 Å². The summed E-state index contributed by atoms with van der Waals surface area (Å²) in [5, 5.41) is 8.73. The van der Waals surface area contributed by atoms with Crippen LogP contribution in [0.2, 0.25) is 0 Å². The van der Waals surface area contributed by atoms with Crippen molar-refractivity contribution in [3.8, 4) is 0 Å². The normalized spacial score (nSPS) is 15.8. The molecule has 1 aliphatic rings. The first kappa shape index (κ1) is 13.9. The molecule has 0 amide bonds. The van der Waals surface area contributed by atoms with Crippen molar-refractivity contribution < 1.29 is 9.90 Å². The van der Waals surface area contributed by atoms with Crippen molar-refractivity contribution in [1.29, 1.82) is 0 Å². The molecule has 0 spiro atoms. The van der Waals surface area contributed by atoms with Gasteiger partial charge in [-0.3, -0.25) is 9.69 Å². The number of rotatable bonds is 5. The molecule has 0 atom stereocenters. The van der Waals surface area contributed by atoms with Crippen molar-refractivity contribution in [2.45, 2.75) is 25.8 Å². The molecule has 1 aromatic carbocycles. The number of carbonyl (C=O) groups is 1. The summed E-state index contributed by atoms with van der Waals surface area (Å²) in [6.07, 6.45) is 3.90. The van der Waals surface area contributed by atoms with Crippen LogP contribution >= 0.6 is 0 Å². The van der Waals surface area contributed by atoms with Gasteiger partial charge in [-0.15, -0.1) is 0 Å². The number of hydrogen-bond acceptors (Lipinski definition) is 3. The predicted octanol–water partition coefficient (Wildman–Crippen LogP) is 2.19. The standard InChI is InChI=1S/C15H22N2O2/c1-16(12-15(18)19)11-13-5-7-14(8-6-13)17-9-3-2-4-10-17/h5-8H,2-4,9-12H2,1H3,(H,18,19). The van der Waals surface area contributed by atoms with Gasteiger partial charge in [0.15, 0.2) is 0 Å². The molecule has 1 saturated heterocycles. The molecule has 1 fully saturated rings. The van der Waals surface area contributed by atoms with E-state index in [1.165, 1.54) is 24.9 Å². The molecule has 1 heterocycles. The smallest absolute Gasteiger partial charge is 0.317 e. The zero-order valence-corrected chi connectivity index (χ0v) is 11.5. The average molecular weight is 262 g/mol. The zero-order valence-electron chi connectivity index (χ0n) is 11.5. The Balaban J connectivity index is 1.92. The first-order valence-electron chi connectivity index (χ1n) is 6.89. The highest BCUT2D eigenvalue weighted by Gasteiger charge is 2.11. The minimum absolute atomic E-state index is 0.0773. The van der Waals surface area contributed by atoms with Crippen LogP contribution in [0, 0.1) is 0 Å². The van der Waals surface area contributed by atoms with Crippen LogP contribution in [0.25, 0.3) is 0 Å². The van der Waals surface area contributed by atoms with Gasteiger partial charge in [0, 0.05) is 25.3 Å². The van der Waals surface area contributed by atoms with Gasteiger partial charge in [0.1, 0.15) is 0 Å². The number of piperidine rings is 1. The van der Waals surface area contributed by atoms with Crippen LogP contribution in [0.1, 0.15) is 24.8 Å². The summed E-state index contributed by atoms with van der Waals surface area (Å²) in [6.45, 7) is 3.05. The van der Waals surface area contributed by atoms with Crippen LogP contribution in [0.4, 0.5) is 5.69 Å². The molecule has 19 heavy (non-hydrogen) atoms. The molecular formula is C15H22N2O2. The Bertz CT molecular complexity index is 411. The number of benzene rings is 1. The molecule has 0 radical (unpaired) electrons. The van der Waals surface area contributed by atoms with E-state index in [1.807, 2.05) is 7.05 Å². The van der Waals surface area contributed by atoms with E-state index in [9.17, 15) is 4.79 Å². The van der Waals surface area contributed by atoms with Crippen LogP contribution in [-0.2, 0) is 11.3 Å². The quantitative estimate of drug-likeness (QED) is 0.883. The predicted molar refractivity (Wildman–Crippen MR) is 76.5 cm³/mol. The molecule has 0 unspecified atom stereocenters. The van der Waals surface area contributed by atoms with Gasteiger partial charge >= 0.3 is 5.97 Å². The van der Waals surface area contributed by atoms with Crippen LogP contribution in [0.15, 0.2) is 24.3 Å². The molecule has 0 saturated carbocycles. The maximum atomic E-state index is 10.6. The highest BCUT2D eigenvalue weighted by Crippen LogP contribution is 2.20. The number of carboxylic acid groups (broad SMARTS) is 1. The van der Waals surface area contributed by atoms with Crippen LogP contribution in [0.3, 0.4) is 0 Å². The van der Waals surface area contributed by atoms with Gasteiger partial charge in [0.25, 0.3) is 0 Å². The average Bonchev–Trinajstić information content (AvgIpc) is 2.39. The molecule has 0 bridgehead atoms. The van der Waals surface area contributed by atoms with Crippen LogP contribution in [0.5, 0.6) is 0 Å². The SMILES string of the molecule is CN(CC(=O)O)Cc1ccc(N2CCCCC2)cc1. The van der Waals surface area contributed by atoms with Crippen LogP contribution in [-0.4, -0.2) is 42.7 Å². The minimum Gasteiger partial charge on any atom is -0.480 e. The molecule has 104 valence electrons. The fraction of sp³-hybridized carbons (Fsp3) is 0.533. The summed E-state index contributed by atoms with van der Waals surface area (Å²) in [7, 11) is 1.83. The lowest BCUT2D eigenvalue weighted by atomic mass is 10.1. The largest absolute Gasteiger partial charge is 0.480 e. The van der Waals surface area contributed by atoms with Gasteiger partial charge in [-0.05, 0) is 44.0 Å². The lowest BCUT2D eigenvalue weighted by molar-refractivity contribution is -0.138. The minimum atomic E-state index is -0.785. The second kappa shape index (κ2) is 6.57. The molecule has 0 aromatic heterocycles. The van der Waals surface area contributed by atoms with Crippen molar-refractivity contribution in [2.24, 2.45) is 0 Å². The fourth-order valence-corrected chi connectivity index (χ4v) is 2.56. The van der Waals surface area contributed by atoms with Gasteiger partial charge in [0.05, 0.1) is 6.54 Å². The number of hydrogen-bond donors (Lipinski definition) is 1. The summed E-state index contributed by atoms with van der Waals surface area (Å²) >= 11 is 0. The molecule has 2 rings (SSSR count). The number of carboxylic acids is 1. The van der Waals surface area contributed by atoms with E-state index < -0.39 is 5.97 Å². The third-order valence-corrected chi connectivity index (χ3v) is 3.52. The summed E-state index contributed by atoms with van der Waals surface area (Å²) in [4.78, 5) is 14.8. The zero-order chi connectivity index (χ0) is 13.7. The lowest BCUT2D eigenvalue weighted by Crippen LogP contribution is -2.29. The van der Waals surface area contributed by atoms with Gasteiger partial charge < -0.3 is 10.0 Å². The topological polar surface area (TPSA) is 43.8 Å². The van der Waals surface area contributed by atoms with Crippen molar-refractivity contribution in [3.05, 3.63) is 29.8 Å². The summed E-state index contributed by atoms with van der Waals surface area (Å²) in [5.41, 5.74) is 2.44. The molecule has 1 N–H and O–H groups in total. The second-order valence-electron chi connectivity index (χ2n) is 5.28. The molecular weight excluding hydrogens is 240 g/mol. The van der Waals surface area contributed by atoms with E-state index in [0.29, 0.717) is 6.54 Å². The van der Waals surface area contributed by atoms with E-state index in [0.717, 1.165) is 18.7 Å². The molecule has 1 aliphatic heterocycles. The third-order valence-electron chi connectivity index (χ3n) is 3.52. The number of anilines is 1. The Labute approximate surface area is 114 Å². The molecule has 4 nitrogen and oxygen atoms in total. The van der Waals surface area contributed by atoms with Gasteiger partial charge in [-0.2, -0.15) is 0 Å². The molecule has 1 aromatic rings. The van der Waals surface area contributed by atoms with E-state index in [-0.39, 0.29) is 6.54 Å². The van der Waals surface area contributed by atoms with Gasteiger partial charge in [-0.25, -0.2) is 0 Å². The maximum Gasteiger partial charge on any atom is 0.317 e. The first-order valence-corrected chi connectivity index (χ1v) is 6.89. The Morgan fingerprint density at radius 2 is 1.84 bits per heavy atom. The summed E-state index contributed by atoms with van der Waals surface area (Å²) in [6, 6.07) is 8.50. The van der Waals surface area contributed by atoms with Gasteiger partial charge in [-0.1, -0.05) is 12.1 Å². The monoisotopic (exact) mass is 262 g/mol. The molecule has 4 heteroatoms. The number of nitrogens with zero attached hydrogens (tertiary/aromatic N) is 2. The Morgan fingerprint density at radius 1 is 1.21 bits per heavy atom. The number of likely N-dealkylation sites (N-methyl/N-ethyl adjacent to an activating group) is 1. The van der Waals surface area contributed by atoms with Gasteiger partial charge in [0.2, 0.25) is 0 Å².